The highest BCUT2D eigenvalue weighted by molar-refractivity contribution is 5.88. The van der Waals surface area contributed by atoms with E-state index in [2.05, 4.69) is 24.0 Å². The fraction of sp³-hybridized carbons (Fsp3) is 0.478. The molecular weight excluding hydrogens is 352 g/mol. The van der Waals surface area contributed by atoms with E-state index in [4.69, 9.17) is 9.47 Å². The smallest absolute Gasteiger partial charge is 0.233 e. The lowest BCUT2D eigenvalue weighted by molar-refractivity contribution is -0.140. The zero-order chi connectivity index (χ0) is 20.3. The van der Waals surface area contributed by atoms with Gasteiger partial charge in [0.1, 0.15) is 5.75 Å². The average Bonchev–Trinajstić information content (AvgIpc) is 2.70. The van der Waals surface area contributed by atoms with Crippen LogP contribution in [-0.4, -0.2) is 43.2 Å². The predicted octanol–water partition coefficient (Wildman–Crippen LogP) is 3.72. The van der Waals surface area contributed by atoms with Gasteiger partial charge in [-0.15, -0.1) is 0 Å². The van der Waals surface area contributed by atoms with E-state index in [0.717, 1.165) is 33.7 Å². The number of carbonyl (C=O) groups excluding carboxylic acids is 1. The molecule has 1 aromatic carbocycles. The number of pyridine rings is 1. The van der Waals surface area contributed by atoms with E-state index in [9.17, 15) is 4.79 Å². The summed E-state index contributed by atoms with van der Waals surface area (Å²) in [5, 5.41) is 0. The van der Waals surface area contributed by atoms with Crippen LogP contribution in [0.25, 0.3) is 0 Å². The van der Waals surface area contributed by atoms with Crippen LogP contribution >= 0.6 is 0 Å². The number of aromatic nitrogens is 1. The molecule has 0 saturated carbocycles. The Morgan fingerprint density at radius 3 is 2.50 bits per heavy atom. The van der Waals surface area contributed by atoms with Crippen molar-refractivity contribution in [2.45, 2.75) is 45.6 Å². The summed E-state index contributed by atoms with van der Waals surface area (Å²) in [4.78, 5) is 20.1. The minimum atomic E-state index is -0.541. The van der Waals surface area contributed by atoms with E-state index in [1.807, 2.05) is 44.1 Å². The number of methoxy groups -OCH3 is 1. The number of carbonyl (C=O) groups is 1. The zero-order valence-electron chi connectivity index (χ0n) is 17.5. The molecule has 0 N–H and O–H groups in total. The number of ether oxygens (including phenoxy) is 2. The molecule has 2 heterocycles. The van der Waals surface area contributed by atoms with Crippen molar-refractivity contribution in [3.63, 3.8) is 0 Å². The Hall–Kier alpha value is -2.40. The molecule has 28 heavy (non-hydrogen) atoms. The molecule has 0 spiro atoms. The van der Waals surface area contributed by atoms with Gasteiger partial charge < -0.3 is 14.4 Å². The van der Waals surface area contributed by atoms with Crippen LogP contribution in [0, 0.1) is 20.8 Å². The van der Waals surface area contributed by atoms with Gasteiger partial charge >= 0.3 is 0 Å². The van der Waals surface area contributed by atoms with Gasteiger partial charge in [0.05, 0.1) is 24.8 Å². The second kappa shape index (κ2) is 8.31. The molecule has 0 unspecified atom stereocenters. The summed E-state index contributed by atoms with van der Waals surface area (Å²) in [5.41, 5.74) is 4.57. The molecule has 0 bridgehead atoms. The molecule has 150 valence electrons. The Morgan fingerprint density at radius 1 is 1.18 bits per heavy atom. The van der Waals surface area contributed by atoms with E-state index in [0.29, 0.717) is 32.6 Å². The summed E-state index contributed by atoms with van der Waals surface area (Å²) < 4.78 is 11.1. The standard InChI is InChI=1S/C23H30N2O3/c1-16-8-6-7-9-19(16)23(10-12-28-13-11-23)22(26)25(4)15-20-18(3)21(27-5)17(2)14-24-20/h6-9,14H,10-13,15H2,1-5H3. The number of benzene rings is 1. The van der Waals surface area contributed by atoms with Gasteiger partial charge in [-0.25, -0.2) is 0 Å². The molecule has 1 aromatic heterocycles. The minimum Gasteiger partial charge on any atom is -0.496 e. The van der Waals surface area contributed by atoms with Crippen molar-refractivity contribution in [3.05, 3.63) is 58.4 Å². The number of rotatable bonds is 5. The first-order valence-corrected chi connectivity index (χ1v) is 9.79. The summed E-state index contributed by atoms with van der Waals surface area (Å²) in [6.07, 6.45) is 3.21. The second-order valence-corrected chi connectivity index (χ2v) is 7.72. The molecule has 0 atom stereocenters. The maximum absolute atomic E-state index is 13.7. The summed E-state index contributed by atoms with van der Waals surface area (Å²) in [5.74, 6) is 0.969. The Kier molecular flexibility index (Phi) is 6.04. The zero-order valence-corrected chi connectivity index (χ0v) is 17.5. The van der Waals surface area contributed by atoms with E-state index < -0.39 is 5.41 Å². The number of amides is 1. The van der Waals surface area contributed by atoms with Crippen molar-refractivity contribution in [3.8, 4) is 5.75 Å². The molecule has 2 aromatic rings. The van der Waals surface area contributed by atoms with Gasteiger partial charge in [0.15, 0.2) is 0 Å². The van der Waals surface area contributed by atoms with Crippen molar-refractivity contribution in [2.24, 2.45) is 0 Å². The first-order chi connectivity index (χ1) is 13.4. The summed E-state index contributed by atoms with van der Waals surface area (Å²) >= 11 is 0. The lowest BCUT2D eigenvalue weighted by atomic mass is 9.71. The van der Waals surface area contributed by atoms with Crippen LogP contribution < -0.4 is 4.74 Å². The summed E-state index contributed by atoms with van der Waals surface area (Å²) in [6, 6.07) is 8.20. The van der Waals surface area contributed by atoms with Gasteiger partial charge in [0.2, 0.25) is 5.91 Å². The highest BCUT2D eigenvalue weighted by Crippen LogP contribution is 2.38. The fourth-order valence-electron chi connectivity index (χ4n) is 4.32. The lowest BCUT2D eigenvalue weighted by Crippen LogP contribution is -2.49. The Bertz CT molecular complexity index is 857. The molecule has 1 saturated heterocycles. The summed E-state index contributed by atoms with van der Waals surface area (Å²) in [6.45, 7) is 7.71. The SMILES string of the molecule is COc1c(C)cnc(CN(C)C(=O)C2(c3ccccc3C)CCOCC2)c1C. The van der Waals surface area contributed by atoms with Crippen LogP contribution in [0.1, 0.15) is 40.8 Å². The van der Waals surface area contributed by atoms with Crippen molar-refractivity contribution in [2.75, 3.05) is 27.4 Å². The van der Waals surface area contributed by atoms with Crippen LogP contribution in [0.15, 0.2) is 30.5 Å². The third-order valence-electron chi connectivity index (χ3n) is 5.90. The number of aryl methyl sites for hydroxylation is 2. The van der Waals surface area contributed by atoms with E-state index in [1.165, 1.54) is 0 Å². The highest BCUT2D eigenvalue weighted by Gasteiger charge is 2.44. The van der Waals surface area contributed by atoms with Gasteiger partial charge in [-0.1, -0.05) is 24.3 Å². The van der Waals surface area contributed by atoms with Crippen LogP contribution in [0.4, 0.5) is 0 Å². The van der Waals surface area contributed by atoms with Crippen molar-refractivity contribution in [1.29, 1.82) is 0 Å². The molecule has 1 fully saturated rings. The first-order valence-electron chi connectivity index (χ1n) is 9.79. The highest BCUT2D eigenvalue weighted by atomic mass is 16.5. The number of nitrogens with zero attached hydrogens (tertiary/aromatic N) is 2. The molecular formula is C23H30N2O3. The molecule has 1 amide bonds. The van der Waals surface area contributed by atoms with Crippen LogP contribution in [0.5, 0.6) is 5.75 Å². The average molecular weight is 383 g/mol. The molecule has 5 nitrogen and oxygen atoms in total. The lowest BCUT2D eigenvalue weighted by Gasteiger charge is -2.40. The molecule has 0 aliphatic carbocycles. The van der Waals surface area contributed by atoms with Crippen LogP contribution in [0.3, 0.4) is 0 Å². The van der Waals surface area contributed by atoms with Crippen LogP contribution in [0.2, 0.25) is 0 Å². The maximum Gasteiger partial charge on any atom is 0.233 e. The Balaban J connectivity index is 1.93. The van der Waals surface area contributed by atoms with Gasteiger partial charge in [0.25, 0.3) is 0 Å². The van der Waals surface area contributed by atoms with E-state index in [1.54, 1.807) is 7.11 Å². The molecule has 1 aliphatic heterocycles. The topological polar surface area (TPSA) is 51.7 Å². The predicted molar refractivity (Wildman–Crippen MR) is 110 cm³/mol. The summed E-state index contributed by atoms with van der Waals surface area (Å²) in [7, 11) is 3.54. The maximum atomic E-state index is 13.7. The largest absolute Gasteiger partial charge is 0.496 e. The number of likely N-dealkylation sites (N-methyl/N-ethyl adjacent to an activating group) is 1. The monoisotopic (exact) mass is 382 g/mol. The second-order valence-electron chi connectivity index (χ2n) is 7.72. The molecule has 1 aliphatic rings. The normalized spacial score (nSPS) is 15.9. The minimum absolute atomic E-state index is 0.130. The third kappa shape index (κ3) is 3.63. The first kappa shape index (κ1) is 20.3. The molecule has 3 rings (SSSR count). The van der Waals surface area contributed by atoms with E-state index in [-0.39, 0.29) is 5.91 Å². The Labute approximate surface area is 167 Å². The fourth-order valence-corrected chi connectivity index (χ4v) is 4.32. The Morgan fingerprint density at radius 2 is 1.86 bits per heavy atom. The number of hydrogen-bond donors (Lipinski definition) is 0. The van der Waals surface area contributed by atoms with Crippen molar-refractivity contribution < 1.29 is 14.3 Å². The van der Waals surface area contributed by atoms with Crippen LogP contribution in [-0.2, 0) is 21.5 Å². The molecule has 0 radical (unpaired) electrons. The quantitative estimate of drug-likeness (QED) is 0.791. The third-order valence-corrected chi connectivity index (χ3v) is 5.90. The van der Waals surface area contributed by atoms with Gasteiger partial charge in [-0.2, -0.15) is 0 Å². The molecule has 5 heteroatoms. The number of hydrogen-bond acceptors (Lipinski definition) is 4. The van der Waals surface area contributed by atoms with Crippen molar-refractivity contribution in [1.82, 2.24) is 9.88 Å². The van der Waals surface area contributed by atoms with Gasteiger partial charge in [-0.3, -0.25) is 9.78 Å². The van der Waals surface area contributed by atoms with E-state index >= 15 is 0 Å². The van der Waals surface area contributed by atoms with Crippen molar-refractivity contribution >= 4 is 5.91 Å². The van der Waals surface area contributed by atoms with Gasteiger partial charge in [-0.05, 0) is 44.7 Å². The van der Waals surface area contributed by atoms with Gasteiger partial charge in [0, 0.05) is 37.6 Å².